The maximum Gasteiger partial charge on any atom is 0.343 e. The van der Waals surface area contributed by atoms with Crippen molar-refractivity contribution in [3.05, 3.63) is 47.2 Å². The van der Waals surface area contributed by atoms with Crippen molar-refractivity contribution in [2.75, 3.05) is 0 Å². The second-order valence-corrected chi connectivity index (χ2v) is 5.71. The largest absolute Gasteiger partial charge is 0.428 e. The van der Waals surface area contributed by atoms with Gasteiger partial charge in [0.15, 0.2) is 0 Å². The molecule has 1 aliphatic rings. The average Bonchev–Trinajstić information content (AvgIpc) is 2.42. The standard InChI is InChI=1S/C17H22O2/c1-12(2)15-10-9-13(3)16(11-15)19-17(18)14-7-5-4-6-8-14/h4-8,12,15H,9-11H2,1-3H3. The van der Waals surface area contributed by atoms with Gasteiger partial charge in [0, 0.05) is 6.42 Å². The third-order valence-electron chi connectivity index (χ3n) is 3.98. The molecule has 0 saturated heterocycles. The summed E-state index contributed by atoms with van der Waals surface area (Å²) in [4.78, 5) is 12.1. The predicted molar refractivity (Wildman–Crippen MR) is 76.7 cm³/mol. The van der Waals surface area contributed by atoms with Crippen molar-refractivity contribution in [3.8, 4) is 0 Å². The first kappa shape index (κ1) is 13.9. The van der Waals surface area contributed by atoms with E-state index in [9.17, 15) is 4.79 Å². The summed E-state index contributed by atoms with van der Waals surface area (Å²) < 4.78 is 5.61. The molecule has 1 aliphatic carbocycles. The van der Waals surface area contributed by atoms with Gasteiger partial charge in [-0.05, 0) is 49.3 Å². The Bertz CT molecular complexity index is 471. The van der Waals surface area contributed by atoms with Crippen molar-refractivity contribution in [1.29, 1.82) is 0 Å². The molecule has 0 radical (unpaired) electrons. The molecular weight excluding hydrogens is 236 g/mol. The van der Waals surface area contributed by atoms with Crippen LogP contribution in [0.4, 0.5) is 0 Å². The van der Waals surface area contributed by atoms with Crippen LogP contribution in [0.2, 0.25) is 0 Å². The van der Waals surface area contributed by atoms with E-state index in [0.717, 1.165) is 18.6 Å². The number of benzene rings is 1. The zero-order valence-corrected chi connectivity index (χ0v) is 12.0. The van der Waals surface area contributed by atoms with E-state index >= 15 is 0 Å². The SMILES string of the molecule is CC1=C(OC(=O)c2ccccc2)CC(C(C)C)CC1. The third kappa shape index (κ3) is 3.46. The maximum absolute atomic E-state index is 12.1. The Labute approximate surface area is 115 Å². The lowest BCUT2D eigenvalue weighted by Crippen LogP contribution is -2.18. The van der Waals surface area contributed by atoms with Crippen molar-refractivity contribution < 1.29 is 9.53 Å². The number of allylic oxidation sites excluding steroid dienone is 2. The number of hydrogen-bond donors (Lipinski definition) is 0. The first-order valence-corrected chi connectivity index (χ1v) is 7.03. The number of rotatable bonds is 3. The van der Waals surface area contributed by atoms with Crippen LogP contribution in [-0.4, -0.2) is 5.97 Å². The molecule has 0 fully saturated rings. The highest BCUT2D eigenvalue weighted by molar-refractivity contribution is 5.90. The molecule has 1 aromatic carbocycles. The molecule has 1 unspecified atom stereocenters. The predicted octanol–water partition coefficient (Wildman–Crippen LogP) is 4.57. The fourth-order valence-corrected chi connectivity index (χ4v) is 2.50. The van der Waals surface area contributed by atoms with Gasteiger partial charge in [-0.1, -0.05) is 32.0 Å². The summed E-state index contributed by atoms with van der Waals surface area (Å²) in [5.74, 6) is 1.92. The molecule has 1 aromatic rings. The lowest BCUT2D eigenvalue weighted by Gasteiger charge is -2.27. The van der Waals surface area contributed by atoms with Gasteiger partial charge < -0.3 is 4.74 Å². The number of carbonyl (C=O) groups is 1. The van der Waals surface area contributed by atoms with Gasteiger partial charge in [-0.2, -0.15) is 0 Å². The molecule has 0 heterocycles. The van der Waals surface area contributed by atoms with Gasteiger partial charge in [0.25, 0.3) is 0 Å². The molecule has 2 nitrogen and oxygen atoms in total. The van der Waals surface area contributed by atoms with E-state index < -0.39 is 0 Å². The molecule has 0 N–H and O–H groups in total. The Morgan fingerprint density at radius 3 is 2.58 bits per heavy atom. The highest BCUT2D eigenvalue weighted by atomic mass is 16.5. The minimum Gasteiger partial charge on any atom is -0.428 e. The van der Waals surface area contributed by atoms with Crippen LogP contribution in [0.1, 0.15) is 50.4 Å². The van der Waals surface area contributed by atoms with Crippen LogP contribution in [0.25, 0.3) is 0 Å². The van der Waals surface area contributed by atoms with Crippen LogP contribution >= 0.6 is 0 Å². The Kier molecular flexibility index (Phi) is 4.41. The highest BCUT2D eigenvalue weighted by Crippen LogP contribution is 2.34. The van der Waals surface area contributed by atoms with E-state index in [0.29, 0.717) is 17.4 Å². The molecule has 0 amide bonds. The molecule has 0 spiro atoms. The molecule has 2 heteroatoms. The van der Waals surface area contributed by atoms with E-state index in [1.54, 1.807) is 12.1 Å². The van der Waals surface area contributed by atoms with E-state index in [4.69, 9.17) is 4.74 Å². The van der Waals surface area contributed by atoms with Crippen LogP contribution < -0.4 is 0 Å². The minimum absolute atomic E-state index is 0.237. The van der Waals surface area contributed by atoms with Gasteiger partial charge in [0.1, 0.15) is 5.76 Å². The van der Waals surface area contributed by atoms with Crippen molar-refractivity contribution in [2.24, 2.45) is 11.8 Å². The maximum atomic E-state index is 12.1. The zero-order chi connectivity index (χ0) is 13.8. The fourth-order valence-electron chi connectivity index (χ4n) is 2.50. The van der Waals surface area contributed by atoms with Gasteiger partial charge in [-0.3, -0.25) is 0 Å². The second kappa shape index (κ2) is 6.05. The normalized spacial score (nSPS) is 19.7. The summed E-state index contributed by atoms with van der Waals surface area (Å²) in [5, 5.41) is 0. The smallest absolute Gasteiger partial charge is 0.343 e. The molecular formula is C17H22O2. The summed E-state index contributed by atoms with van der Waals surface area (Å²) in [6, 6.07) is 9.20. The second-order valence-electron chi connectivity index (χ2n) is 5.71. The first-order valence-electron chi connectivity index (χ1n) is 7.03. The molecule has 19 heavy (non-hydrogen) atoms. The van der Waals surface area contributed by atoms with Gasteiger partial charge in [-0.15, -0.1) is 0 Å². The van der Waals surface area contributed by atoms with Crippen molar-refractivity contribution >= 4 is 5.97 Å². The van der Waals surface area contributed by atoms with Crippen molar-refractivity contribution in [1.82, 2.24) is 0 Å². The third-order valence-corrected chi connectivity index (χ3v) is 3.98. The van der Waals surface area contributed by atoms with Crippen molar-refractivity contribution in [3.63, 3.8) is 0 Å². The first-order chi connectivity index (χ1) is 9.08. The van der Waals surface area contributed by atoms with Crippen LogP contribution in [0.3, 0.4) is 0 Å². The average molecular weight is 258 g/mol. The number of carbonyl (C=O) groups excluding carboxylic acids is 1. The molecule has 0 aromatic heterocycles. The van der Waals surface area contributed by atoms with Crippen LogP contribution in [-0.2, 0) is 4.74 Å². The summed E-state index contributed by atoms with van der Waals surface area (Å²) in [6.07, 6.45) is 3.14. The van der Waals surface area contributed by atoms with E-state index in [1.165, 1.54) is 12.0 Å². The Morgan fingerprint density at radius 1 is 1.26 bits per heavy atom. The van der Waals surface area contributed by atoms with Crippen molar-refractivity contribution in [2.45, 2.75) is 40.0 Å². The topological polar surface area (TPSA) is 26.3 Å². The van der Waals surface area contributed by atoms with E-state index in [-0.39, 0.29) is 5.97 Å². The summed E-state index contributed by atoms with van der Waals surface area (Å²) in [6.45, 7) is 6.55. The fraction of sp³-hybridized carbons (Fsp3) is 0.471. The summed E-state index contributed by atoms with van der Waals surface area (Å²) in [5.41, 5.74) is 1.84. The molecule has 0 bridgehead atoms. The minimum atomic E-state index is -0.237. The molecule has 1 atom stereocenters. The molecule has 0 saturated carbocycles. The monoisotopic (exact) mass is 258 g/mol. The van der Waals surface area contributed by atoms with E-state index in [2.05, 4.69) is 20.8 Å². The quantitative estimate of drug-likeness (QED) is 0.742. The lowest BCUT2D eigenvalue weighted by molar-refractivity contribution is 0.0585. The number of esters is 1. The summed E-state index contributed by atoms with van der Waals surface area (Å²) in [7, 11) is 0. The van der Waals surface area contributed by atoms with E-state index in [1.807, 2.05) is 18.2 Å². The zero-order valence-electron chi connectivity index (χ0n) is 12.0. The highest BCUT2D eigenvalue weighted by Gasteiger charge is 2.24. The van der Waals surface area contributed by atoms with Gasteiger partial charge in [0.05, 0.1) is 5.56 Å². The molecule has 2 rings (SSSR count). The van der Waals surface area contributed by atoms with Crippen LogP contribution in [0.5, 0.6) is 0 Å². The Morgan fingerprint density at radius 2 is 1.95 bits per heavy atom. The van der Waals surface area contributed by atoms with Gasteiger partial charge >= 0.3 is 5.97 Å². The summed E-state index contributed by atoms with van der Waals surface area (Å²) >= 11 is 0. The lowest BCUT2D eigenvalue weighted by atomic mass is 9.82. The molecule has 0 aliphatic heterocycles. The Balaban J connectivity index is 2.07. The van der Waals surface area contributed by atoms with Gasteiger partial charge in [-0.25, -0.2) is 4.79 Å². The number of hydrogen-bond acceptors (Lipinski definition) is 2. The van der Waals surface area contributed by atoms with Crippen LogP contribution in [0, 0.1) is 11.8 Å². The van der Waals surface area contributed by atoms with Crippen LogP contribution in [0.15, 0.2) is 41.7 Å². The number of ether oxygens (including phenoxy) is 1. The Hall–Kier alpha value is -1.57. The van der Waals surface area contributed by atoms with Gasteiger partial charge in [0.2, 0.25) is 0 Å². The molecule has 102 valence electrons.